The maximum Gasteiger partial charge on any atom is 0.325 e. The summed E-state index contributed by atoms with van der Waals surface area (Å²) >= 11 is 12.2. The fourth-order valence-corrected chi connectivity index (χ4v) is 4.95. The van der Waals surface area contributed by atoms with Crippen molar-refractivity contribution in [2.24, 2.45) is 5.92 Å². The third-order valence-electron chi connectivity index (χ3n) is 6.97. The van der Waals surface area contributed by atoms with E-state index in [0.29, 0.717) is 22.3 Å². The molecule has 1 fully saturated rings. The van der Waals surface area contributed by atoms with Crippen LogP contribution in [0.25, 0.3) is 0 Å². The number of anilines is 1. The fraction of sp³-hybridized carbons (Fsp3) is 0.484. The number of nitrogens with zero attached hydrogens (tertiary/aromatic N) is 2. The van der Waals surface area contributed by atoms with Crippen molar-refractivity contribution < 1.29 is 23.9 Å². The van der Waals surface area contributed by atoms with E-state index in [4.69, 9.17) is 27.9 Å². The Hall–Kier alpha value is -2.85. The summed E-state index contributed by atoms with van der Waals surface area (Å²) in [4.78, 5) is 53.9. The molecule has 3 amide bonds. The van der Waals surface area contributed by atoms with Gasteiger partial charge in [0.1, 0.15) is 6.54 Å². The first kappa shape index (κ1) is 36.3. The number of benzene rings is 2. The predicted octanol–water partition coefficient (Wildman–Crippen LogP) is 5.29. The van der Waals surface area contributed by atoms with Gasteiger partial charge < -0.3 is 25.2 Å². The van der Waals surface area contributed by atoms with E-state index < -0.39 is 11.9 Å². The first-order valence-electron chi connectivity index (χ1n) is 14.3. The predicted molar refractivity (Wildman–Crippen MR) is 172 cm³/mol. The van der Waals surface area contributed by atoms with Gasteiger partial charge in [0.2, 0.25) is 17.7 Å². The molecule has 0 saturated carbocycles. The number of amides is 3. The van der Waals surface area contributed by atoms with E-state index in [-0.39, 0.29) is 68.6 Å². The molecule has 43 heavy (non-hydrogen) atoms. The lowest BCUT2D eigenvalue weighted by Gasteiger charge is -2.32. The topological polar surface area (TPSA) is 108 Å². The highest BCUT2D eigenvalue weighted by Crippen LogP contribution is 2.27. The summed E-state index contributed by atoms with van der Waals surface area (Å²) in [6.07, 6.45) is 2.31. The summed E-state index contributed by atoms with van der Waals surface area (Å²) in [5.74, 6) is -1.11. The lowest BCUT2D eigenvalue weighted by molar-refractivity contribution is -0.145. The molecule has 2 aromatic carbocycles. The third-order valence-corrected chi connectivity index (χ3v) is 7.71. The molecule has 0 bridgehead atoms. The molecule has 0 radical (unpaired) electrons. The molecule has 1 heterocycles. The minimum atomic E-state index is -0.512. The van der Waals surface area contributed by atoms with Gasteiger partial charge in [-0.1, -0.05) is 55.2 Å². The van der Waals surface area contributed by atoms with Gasteiger partial charge in [-0.05, 0) is 67.2 Å². The van der Waals surface area contributed by atoms with Crippen molar-refractivity contribution in [1.82, 2.24) is 15.1 Å². The average molecular weight is 656 g/mol. The second-order valence-electron chi connectivity index (χ2n) is 11.0. The van der Waals surface area contributed by atoms with Crippen molar-refractivity contribution in [1.29, 1.82) is 0 Å². The van der Waals surface area contributed by atoms with Gasteiger partial charge in [-0.25, -0.2) is 0 Å². The smallest absolute Gasteiger partial charge is 0.325 e. The van der Waals surface area contributed by atoms with Crippen LogP contribution >= 0.6 is 35.6 Å². The van der Waals surface area contributed by atoms with Crippen molar-refractivity contribution in [2.75, 3.05) is 45.2 Å². The Morgan fingerprint density at radius 2 is 1.67 bits per heavy atom. The molecular formula is C31H41Cl3N4O5. The summed E-state index contributed by atoms with van der Waals surface area (Å²) in [6.45, 7) is 6.51. The van der Waals surface area contributed by atoms with E-state index >= 15 is 0 Å². The van der Waals surface area contributed by atoms with Crippen molar-refractivity contribution in [3.05, 3.63) is 63.6 Å². The number of likely N-dealkylation sites (tertiary alicyclic amines) is 1. The van der Waals surface area contributed by atoms with Crippen LogP contribution in [0.15, 0.2) is 42.5 Å². The Balaban J connectivity index is 0.00000645. The molecule has 236 valence electrons. The normalized spacial score (nSPS) is 13.6. The molecule has 9 nitrogen and oxygen atoms in total. The highest BCUT2D eigenvalue weighted by molar-refractivity contribution is 6.42. The van der Waals surface area contributed by atoms with Crippen LogP contribution < -0.4 is 10.6 Å². The first-order valence-corrected chi connectivity index (χ1v) is 15.0. The Morgan fingerprint density at radius 3 is 2.35 bits per heavy atom. The zero-order chi connectivity index (χ0) is 30.6. The molecule has 0 spiro atoms. The molecule has 3 rings (SSSR count). The highest BCUT2D eigenvalue weighted by Gasteiger charge is 2.26. The summed E-state index contributed by atoms with van der Waals surface area (Å²) in [7, 11) is 1.79. The number of hydrogen-bond acceptors (Lipinski definition) is 6. The van der Waals surface area contributed by atoms with Crippen LogP contribution in [0.4, 0.5) is 5.69 Å². The van der Waals surface area contributed by atoms with Crippen LogP contribution in [0.5, 0.6) is 0 Å². The largest absolute Gasteiger partial charge is 0.464 e. The maximum absolute atomic E-state index is 13.4. The monoisotopic (exact) mass is 654 g/mol. The number of ether oxygens (including phenoxy) is 1. The number of hydrogen-bond donors (Lipinski definition) is 2. The van der Waals surface area contributed by atoms with Crippen molar-refractivity contribution in [3.8, 4) is 0 Å². The Labute approximate surface area is 270 Å². The molecule has 0 aromatic heterocycles. The maximum atomic E-state index is 13.4. The molecule has 2 N–H and O–H groups in total. The van der Waals surface area contributed by atoms with Gasteiger partial charge in [0.25, 0.3) is 0 Å². The number of likely N-dealkylation sites (N-methyl/N-ethyl adjacent to an activating group) is 1. The lowest BCUT2D eigenvalue weighted by atomic mass is 10.0. The molecule has 0 unspecified atom stereocenters. The summed E-state index contributed by atoms with van der Waals surface area (Å²) < 4.78 is 5.03. The summed E-state index contributed by atoms with van der Waals surface area (Å²) in [6, 6.07) is 12.4. The van der Waals surface area contributed by atoms with Gasteiger partial charge in [0.15, 0.2) is 0 Å². The minimum Gasteiger partial charge on any atom is -0.464 e. The fourth-order valence-electron chi connectivity index (χ4n) is 4.63. The molecule has 12 heteroatoms. The second-order valence-corrected chi connectivity index (χ2v) is 11.8. The number of rotatable bonds is 14. The van der Waals surface area contributed by atoms with E-state index in [0.717, 1.165) is 37.1 Å². The standard InChI is InChI=1S/C31H40Cl2N4O5.ClH/c1-21(2)20-42-31(41)18-34-28(38)11-12-29(39)35-24-8-6-7-23(17-24)27(19-37-13-4-5-14-37)36(3)30(40)16-22-9-10-25(32)26(33)15-22;/h6-10,15,17,21,27H,4-5,11-14,16,18-20H2,1-3H3,(H,34,38)(H,35,39);1H/t27-;/m1./s1. The Bertz CT molecular complexity index is 1250. The number of carbonyl (C=O) groups is 4. The zero-order valence-electron chi connectivity index (χ0n) is 24.9. The van der Waals surface area contributed by atoms with Crippen LogP contribution in [0, 0.1) is 5.92 Å². The van der Waals surface area contributed by atoms with Crippen LogP contribution in [0.1, 0.15) is 56.7 Å². The minimum absolute atomic E-state index is 0. The molecule has 1 saturated heterocycles. The first-order chi connectivity index (χ1) is 20.0. The molecule has 2 aromatic rings. The van der Waals surface area contributed by atoms with Gasteiger partial charge in [0.05, 0.1) is 29.1 Å². The lowest BCUT2D eigenvalue weighted by Crippen LogP contribution is -2.39. The number of carbonyl (C=O) groups excluding carboxylic acids is 4. The van der Waals surface area contributed by atoms with Gasteiger partial charge >= 0.3 is 5.97 Å². The highest BCUT2D eigenvalue weighted by atomic mass is 35.5. The van der Waals surface area contributed by atoms with Gasteiger partial charge in [-0.15, -0.1) is 12.4 Å². The SMILES string of the molecule is CC(C)COC(=O)CNC(=O)CCC(=O)Nc1cccc([C@@H](CN2CCCC2)N(C)C(=O)Cc2ccc(Cl)c(Cl)c2)c1.Cl. The van der Waals surface area contributed by atoms with E-state index in [1.54, 1.807) is 36.2 Å². The second kappa shape index (κ2) is 18.1. The third kappa shape index (κ3) is 12.3. The number of esters is 1. The summed E-state index contributed by atoms with van der Waals surface area (Å²) in [5, 5.41) is 6.17. The molecule has 1 atom stereocenters. The van der Waals surface area contributed by atoms with Crippen LogP contribution in [-0.4, -0.2) is 73.3 Å². The van der Waals surface area contributed by atoms with E-state index in [1.807, 2.05) is 32.0 Å². The molecular weight excluding hydrogens is 615 g/mol. The van der Waals surface area contributed by atoms with Crippen LogP contribution in [0.2, 0.25) is 10.0 Å². The molecule has 1 aliphatic rings. The van der Waals surface area contributed by atoms with E-state index in [2.05, 4.69) is 15.5 Å². The van der Waals surface area contributed by atoms with Crippen LogP contribution in [0.3, 0.4) is 0 Å². The van der Waals surface area contributed by atoms with Crippen molar-refractivity contribution in [3.63, 3.8) is 0 Å². The Morgan fingerprint density at radius 1 is 0.977 bits per heavy atom. The van der Waals surface area contributed by atoms with Crippen molar-refractivity contribution in [2.45, 2.75) is 52.0 Å². The average Bonchev–Trinajstić information content (AvgIpc) is 3.47. The quantitative estimate of drug-likeness (QED) is 0.268. The number of halogens is 3. The van der Waals surface area contributed by atoms with Gasteiger partial charge in [-0.3, -0.25) is 19.2 Å². The van der Waals surface area contributed by atoms with Crippen molar-refractivity contribution >= 4 is 65.0 Å². The number of nitrogens with one attached hydrogen (secondary N) is 2. The van der Waals surface area contributed by atoms with Gasteiger partial charge in [-0.2, -0.15) is 0 Å². The van der Waals surface area contributed by atoms with E-state index in [9.17, 15) is 19.2 Å². The van der Waals surface area contributed by atoms with Crippen LogP contribution in [-0.2, 0) is 30.3 Å². The summed E-state index contributed by atoms with van der Waals surface area (Å²) in [5.41, 5.74) is 2.24. The van der Waals surface area contributed by atoms with Gasteiger partial charge in [0, 0.05) is 32.1 Å². The Kier molecular flexibility index (Phi) is 15.3. The zero-order valence-corrected chi connectivity index (χ0v) is 27.2. The molecule has 1 aliphatic heterocycles. The molecule has 0 aliphatic carbocycles. The van der Waals surface area contributed by atoms with E-state index in [1.165, 1.54) is 0 Å².